The molecule has 3 heteroatoms. The van der Waals surface area contributed by atoms with E-state index in [0.717, 1.165) is 33.6 Å². The number of nitrogens with zero attached hydrogens (tertiary/aromatic N) is 1. The highest BCUT2D eigenvalue weighted by molar-refractivity contribution is 6.31. The van der Waals surface area contributed by atoms with Crippen LogP contribution in [0.25, 0.3) is 10.9 Å². The summed E-state index contributed by atoms with van der Waals surface area (Å²) in [7, 11) is 0. The summed E-state index contributed by atoms with van der Waals surface area (Å²) in [6.45, 7) is 0.827. The van der Waals surface area contributed by atoms with Gasteiger partial charge in [0, 0.05) is 23.3 Å². The van der Waals surface area contributed by atoms with E-state index in [1.807, 2.05) is 42.5 Å². The summed E-state index contributed by atoms with van der Waals surface area (Å²) in [5.74, 6) is 0. The van der Waals surface area contributed by atoms with Crippen LogP contribution >= 0.6 is 11.6 Å². The van der Waals surface area contributed by atoms with Crippen LogP contribution in [0.3, 0.4) is 0 Å². The number of rotatable bonds is 3. The van der Waals surface area contributed by atoms with Crippen LogP contribution in [0, 0.1) is 0 Å². The molecule has 3 rings (SSSR count). The van der Waals surface area contributed by atoms with Gasteiger partial charge in [-0.2, -0.15) is 0 Å². The minimum Gasteiger partial charge on any atom is -0.392 e. The fourth-order valence-corrected chi connectivity index (χ4v) is 2.49. The van der Waals surface area contributed by atoms with Crippen molar-refractivity contribution in [2.24, 2.45) is 0 Å². The van der Waals surface area contributed by atoms with Crippen molar-refractivity contribution in [2.45, 2.75) is 13.2 Å². The molecule has 1 N–H and O–H groups in total. The number of benzene rings is 2. The van der Waals surface area contributed by atoms with Crippen LogP contribution in [0.15, 0.2) is 54.7 Å². The molecule has 0 amide bonds. The fraction of sp³-hybridized carbons (Fsp3) is 0.125. The highest BCUT2D eigenvalue weighted by Gasteiger charge is 2.05. The highest BCUT2D eigenvalue weighted by Crippen LogP contribution is 2.22. The van der Waals surface area contributed by atoms with E-state index in [-0.39, 0.29) is 6.61 Å². The third-order valence-corrected chi connectivity index (χ3v) is 3.69. The average Bonchev–Trinajstić information content (AvgIpc) is 2.83. The first-order chi connectivity index (χ1) is 9.28. The molecule has 0 aliphatic heterocycles. The van der Waals surface area contributed by atoms with Gasteiger partial charge in [-0.1, -0.05) is 35.9 Å². The molecule has 0 aliphatic carbocycles. The van der Waals surface area contributed by atoms with Crippen LogP contribution in [-0.2, 0) is 13.2 Å². The molecule has 0 saturated carbocycles. The summed E-state index contributed by atoms with van der Waals surface area (Å²) in [5, 5.41) is 11.1. The molecular formula is C16H14ClNO. The minimum absolute atomic E-state index is 0.0750. The highest BCUT2D eigenvalue weighted by atomic mass is 35.5. The standard InChI is InChI=1S/C16H14ClNO/c17-15-4-2-1-3-14(15)10-18-8-7-13-9-12(11-19)5-6-16(13)18/h1-9,19H,10-11H2. The maximum atomic E-state index is 9.15. The summed E-state index contributed by atoms with van der Waals surface area (Å²) >= 11 is 6.19. The van der Waals surface area contributed by atoms with Crippen molar-refractivity contribution in [3.63, 3.8) is 0 Å². The van der Waals surface area contributed by atoms with Gasteiger partial charge in [0.05, 0.1) is 6.61 Å². The predicted molar refractivity (Wildman–Crippen MR) is 78.4 cm³/mol. The summed E-state index contributed by atoms with van der Waals surface area (Å²) in [5.41, 5.74) is 3.19. The summed E-state index contributed by atoms with van der Waals surface area (Å²) in [4.78, 5) is 0. The number of hydrogen-bond donors (Lipinski definition) is 1. The molecule has 0 atom stereocenters. The second kappa shape index (κ2) is 5.08. The lowest BCUT2D eigenvalue weighted by Gasteiger charge is -2.07. The van der Waals surface area contributed by atoms with E-state index in [2.05, 4.69) is 16.8 Å². The maximum Gasteiger partial charge on any atom is 0.0682 e. The number of aliphatic hydroxyl groups excluding tert-OH is 1. The minimum atomic E-state index is 0.0750. The molecule has 0 aliphatic rings. The summed E-state index contributed by atoms with van der Waals surface area (Å²) in [6.07, 6.45) is 2.05. The molecule has 0 unspecified atom stereocenters. The molecule has 3 aromatic rings. The van der Waals surface area contributed by atoms with Gasteiger partial charge in [-0.05, 0) is 40.8 Å². The predicted octanol–water partition coefficient (Wildman–Crippen LogP) is 3.84. The Kier molecular flexibility index (Phi) is 3.28. The van der Waals surface area contributed by atoms with Gasteiger partial charge in [-0.25, -0.2) is 0 Å². The Balaban J connectivity index is 2.00. The summed E-state index contributed by atoms with van der Waals surface area (Å²) < 4.78 is 2.16. The van der Waals surface area contributed by atoms with Crippen molar-refractivity contribution in [3.8, 4) is 0 Å². The lowest BCUT2D eigenvalue weighted by molar-refractivity contribution is 0.282. The molecule has 1 heterocycles. The van der Waals surface area contributed by atoms with Gasteiger partial charge in [0.15, 0.2) is 0 Å². The number of fused-ring (bicyclic) bond motifs is 1. The van der Waals surface area contributed by atoms with E-state index in [1.54, 1.807) is 0 Å². The quantitative estimate of drug-likeness (QED) is 0.769. The van der Waals surface area contributed by atoms with Gasteiger partial charge in [-0.15, -0.1) is 0 Å². The number of aromatic nitrogens is 1. The average molecular weight is 272 g/mol. The molecule has 0 saturated heterocycles. The Hall–Kier alpha value is -1.77. The van der Waals surface area contributed by atoms with Crippen molar-refractivity contribution in [1.29, 1.82) is 0 Å². The van der Waals surface area contributed by atoms with Gasteiger partial charge < -0.3 is 9.67 Å². The van der Waals surface area contributed by atoms with Crippen LogP contribution in [0.2, 0.25) is 5.02 Å². The van der Waals surface area contributed by atoms with Gasteiger partial charge in [0.25, 0.3) is 0 Å². The van der Waals surface area contributed by atoms with Crippen molar-refractivity contribution >= 4 is 22.5 Å². The molecule has 2 nitrogen and oxygen atoms in total. The lowest BCUT2D eigenvalue weighted by Crippen LogP contribution is -1.98. The van der Waals surface area contributed by atoms with Crippen LogP contribution < -0.4 is 0 Å². The van der Waals surface area contributed by atoms with Crippen molar-refractivity contribution in [3.05, 3.63) is 70.9 Å². The number of aliphatic hydroxyl groups is 1. The molecule has 96 valence electrons. The second-order valence-electron chi connectivity index (χ2n) is 4.59. The van der Waals surface area contributed by atoms with E-state index < -0.39 is 0 Å². The van der Waals surface area contributed by atoms with Crippen molar-refractivity contribution < 1.29 is 5.11 Å². The Morgan fingerprint density at radius 2 is 1.89 bits per heavy atom. The molecular weight excluding hydrogens is 258 g/mol. The molecule has 0 radical (unpaired) electrons. The largest absolute Gasteiger partial charge is 0.392 e. The smallest absolute Gasteiger partial charge is 0.0682 e. The first-order valence-corrected chi connectivity index (χ1v) is 6.58. The Morgan fingerprint density at radius 1 is 1.05 bits per heavy atom. The van der Waals surface area contributed by atoms with Crippen LogP contribution in [0.5, 0.6) is 0 Å². The first-order valence-electron chi connectivity index (χ1n) is 6.20. The number of hydrogen-bond acceptors (Lipinski definition) is 1. The molecule has 0 fully saturated rings. The van der Waals surface area contributed by atoms with Crippen LogP contribution in [-0.4, -0.2) is 9.67 Å². The van der Waals surface area contributed by atoms with Gasteiger partial charge in [-0.3, -0.25) is 0 Å². The Labute approximate surface area is 116 Å². The van der Waals surface area contributed by atoms with Gasteiger partial charge >= 0.3 is 0 Å². The normalized spacial score (nSPS) is 11.1. The third-order valence-electron chi connectivity index (χ3n) is 3.32. The third kappa shape index (κ3) is 2.37. The van der Waals surface area contributed by atoms with E-state index in [4.69, 9.17) is 16.7 Å². The molecule has 2 aromatic carbocycles. The zero-order valence-corrected chi connectivity index (χ0v) is 11.1. The van der Waals surface area contributed by atoms with E-state index >= 15 is 0 Å². The lowest BCUT2D eigenvalue weighted by atomic mass is 10.1. The van der Waals surface area contributed by atoms with E-state index in [9.17, 15) is 0 Å². The zero-order valence-electron chi connectivity index (χ0n) is 10.4. The van der Waals surface area contributed by atoms with Gasteiger partial charge in [0.2, 0.25) is 0 Å². The Morgan fingerprint density at radius 3 is 2.68 bits per heavy atom. The summed E-state index contributed by atoms with van der Waals surface area (Å²) in [6, 6.07) is 15.9. The molecule has 1 aromatic heterocycles. The van der Waals surface area contributed by atoms with Gasteiger partial charge in [0.1, 0.15) is 0 Å². The van der Waals surface area contributed by atoms with Crippen LogP contribution in [0.1, 0.15) is 11.1 Å². The topological polar surface area (TPSA) is 25.2 Å². The van der Waals surface area contributed by atoms with Crippen molar-refractivity contribution in [1.82, 2.24) is 4.57 Å². The Bertz CT molecular complexity index is 718. The maximum absolute atomic E-state index is 9.15. The molecule has 0 bridgehead atoms. The fourth-order valence-electron chi connectivity index (χ4n) is 2.30. The zero-order chi connectivity index (χ0) is 13.2. The number of halogens is 1. The molecule has 19 heavy (non-hydrogen) atoms. The van der Waals surface area contributed by atoms with Crippen molar-refractivity contribution in [2.75, 3.05) is 0 Å². The van der Waals surface area contributed by atoms with E-state index in [0.29, 0.717) is 0 Å². The van der Waals surface area contributed by atoms with Crippen LogP contribution in [0.4, 0.5) is 0 Å². The molecule has 0 spiro atoms. The SMILES string of the molecule is OCc1ccc2c(ccn2Cc2ccccc2Cl)c1. The monoisotopic (exact) mass is 271 g/mol. The first kappa shape index (κ1) is 12.3. The second-order valence-corrected chi connectivity index (χ2v) is 4.99. The van der Waals surface area contributed by atoms with E-state index in [1.165, 1.54) is 0 Å².